The van der Waals surface area contributed by atoms with Gasteiger partial charge < -0.3 is 10.6 Å². The summed E-state index contributed by atoms with van der Waals surface area (Å²) in [7, 11) is 1.75. The Morgan fingerprint density at radius 1 is 1.22 bits per heavy atom. The summed E-state index contributed by atoms with van der Waals surface area (Å²) >= 11 is 0. The Labute approximate surface area is 143 Å². The minimum Gasteiger partial charge on any atom is -0.311 e. The Balaban J connectivity index is 0.00000264. The molecule has 1 aromatic carbocycles. The third-order valence-electron chi connectivity index (χ3n) is 3.33. The van der Waals surface area contributed by atoms with Crippen LogP contribution in [-0.4, -0.2) is 29.3 Å². The molecule has 1 aromatic heterocycles. The first-order valence-corrected chi connectivity index (χ1v) is 7.47. The molecular weight excluding hydrogens is 312 g/mol. The van der Waals surface area contributed by atoms with Crippen molar-refractivity contribution in [3.05, 3.63) is 47.7 Å². The lowest BCUT2D eigenvalue weighted by atomic mass is 9.92. The number of anilines is 1. The summed E-state index contributed by atoms with van der Waals surface area (Å²) < 4.78 is 1.85. The number of rotatable bonds is 5. The predicted molar refractivity (Wildman–Crippen MR) is 96.3 cm³/mol. The summed E-state index contributed by atoms with van der Waals surface area (Å²) in [6.45, 7) is 7.25. The number of hydrogen-bond donors (Lipinski definition) is 2. The second-order valence-corrected chi connectivity index (χ2v) is 6.39. The summed E-state index contributed by atoms with van der Waals surface area (Å²) in [6, 6.07) is 12.1. The van der Waals surface area contributed by atoms with Crippen LogP contribution >= 0.6 is 12.4 Å². The molecule has 5 nitrogen and oxygen atoms in total. The van der Waals surface area contributed by atoms with Crippen molar-refractivity contribution in [2.75, 3.05) is 18.9 Å². The number of nitrogens with one attached hydrogen (secondary N) is 2. The highest BCUT2D eigenvalue weighted by molar-refractivity contribution is 5.91. The van der Waals surface area contributed by atoms with Crippen LogP contribution in [0.2, 0.25) is 0 Å². The van der Waals surface area contributed by atoms with Crippen molar-refractivity contribution in [2.24, 2.45) is 0 Å². The molecule has 0 aliphatic carbocycles. The van der Waals surface area contributed by atoms with Gasteiger partial charge in [0.15, 0.2) is 0 Å². The van der Waals surface area contributed by atoms with Gasteiger partial charge in [-0.25, -0.2) is 4.68 Å². The molecule has 2 N–H and O–H groups in total. The number of nitrogens with zero attached hydrogens (tertiary/aromatic N) is 2. The average Bonchev–Trinajstić information content (AvgIpc) is 2.83. The number of carbonyl (C=O) groups is 1. The molecule has 0 saturated heterocycles. The molecule has 0 aliphatic rings. The van der Waals surface area contributed by atoms with Crippen LogP contribution < -0.4 is 10.6 Å². The number of hydrogen-bond acceptors (Lipinski definition) is 3. The van der Waals surface area contributed by atoms with E-state index in [4.69, 9.17) is 0 Å². The Hall–Kier alpha value is -1.85. The first-order valence-electron chi connectivity index (χ1n) is 7.47. The molecule has 0 unspecified atom stereocenters. The Kier molecular flexibility index (Phi) is 6.79. The molecule has 23 heavy (non-hydrogen) atoms. The van der Waals surface area contributed by atoms with Crippen LogP contribution in [0.25, 0.3) is 0 Å². The predicted octanol–water partition coefficient (Wildman–Crippen LogP) is 2.81. The van der Waals surface area contributed by atoms with Gasteiger partial charge in [0, 0.05) is 11.5 Å². The fourth-order valence-electron chi connectivity index (χ4n) is 2.11. The van der Waals surface area contributed by atoms with Crippen molar-refractivity contribution in [3.63, 3.8) is 0 Å². The lowest BCUT2D eigenvalue weighted by Gasteiger charge is -2.14. The monoisotopic (exact) mass is 336 g/mol. The van der Waals surface area contributed by atoms with Gasteiger partial charge in [0.25, 0.3) is 0 Å². The van der Waals surface area contributed by atoms with Crippen LogP contribution in [0.3, 0.4) is 0 Å². The highest BCUT2D eigenvalue weighted by Gasteiger charge is 2.20. The van der Waals surface area contributed by atoms with Crippen LogP contribution in [0.5, 0.6) is 0 Å². The molecule has 2 aromatic rings. The third kappa shape index (κ3) is 5.37. The molecule has 0 aliphatic heterocycles. The lowest BCUT2D eigenvalue weighted by Crippen LogP contribution is -2.26. The molecule has 6 heteroatoms. The third-order valence-corrected chi connectivity index (χ3v) is 3.33. The molecule has 1 heterocycles. The van der Waals surface area contributed by atoms with E-state index in [2.05, 4.69) is 48.6 Å². The minimum absolute atomic E-state index is 0. The van der Waals surface area contributed by atoms with Gasteiger partial charge in [-0.1, -0.05) is 51.1 Å². The number of carbonyl (C=O) groups excluding carboxylic acids is 1. The van der Waals surface area contributed by atoms with Gasteiger partial charge in [-0.15, -0.1) is 12.4 Å². The smallest absolute Gasteiger partial charge is 0.239 e. The molecule has 0 bridgehead atoms. The number of aromatic nitrogens is 2. The van der Waals surface area contributed by atoms with Gasteiger partial charge in [-0.05, 0) is 12.6 Å². The van der Waals surface area contributed by atoms with Gasteiger partial charge in [0.05, 0.1) is 18.8 Å². The maximum atomic E-state index is 11.9. The van der Waals surface area contributed by atoms with Crippen LogP contribution in [0.4, 0.5) is 5.82 Å². The summed E-state index contributed by atoms with van der Waals surface area (Å²) in [6.07, 6.45) is 0. The summed E-state index contributed by atoms with van der Waals surface area (Å²) in [5.41, 5.74) is 2.04. The molecular formula is C17H25ClN4O. The molecule has 0 saturated carbocycles. The SMILES string of the molecule is CNCC(=O)Nc1cc(C(C)(C)C)nn1Cc1ccccc1.Cl. The normalized spacial score (nSPS) is 11.0. The Morgan fingerprint density at radius 3 is 2.43 bits per heavy atom. The number of amides is 1. The van der Waals surface area contributed by atoms with Crippen LogP contribution in [-0.2, 0) is 16.8 Å². The van der Waals surface area contributed by atoms with E-state index in [9.17, 15) is 4.79 Å². The van der Waals surface area contributed by atoms with Crippen molar-refractivity contribution in [1.82, 2.24) is 15.1 Å². The Morgan fingerprint density at radius 2 is 1.87 bits per heavy atom. The topological polar surface area (TPSA) is 59.0 Å². The summed E-state index contributed by atoms with van der Waals surface area (Å²) in [4.78, 5) is 11.9. The van der Waals surface area contributed by atoms with Gasteiger partial charge in [-0.2, -0.15) is 5.10 Å². The van der Waals surface area contributed by atoms with Crippen molar-refractivity contribution in [3.8, 4) is 0 Å². The van der Waals surface area contributed by atoms with Crippen molar-refractivity contribution in [2.45, 2.75) is 32.7 Å². The van der Waals surface area contributed by atoms with Crippen LogP contribution in [0, 0.1) is 0 Å². The van der Waals surface area contributed by atoms with Crippen LogP contribution in [0.15, 0.2) is 36.4 Å². The van der Waals surface area contributed by atoms with E-state index in [0.29, 0.717) is 6.54 Å². The Bertz CT molecular complexity index is 632. The second-order valence-electron chi connectivity index (χ2n) is 6.39. The van der Waals surface area contributed by atoms with Crippen molar-refractivity contribution >= 4 is 24.1 Å². The van der Waals surface area contributed by atoms with E-state index < -0.39 is 0 Å². The van der Waals surface area contributed by atoms with Crippen LogP contribution in [0.1, 0.15) is 32.0 Å². The first-order chi connectivity index (χ1) is 10.4. The maximum absolute atomic E-state index is 11.9. The summed E-state index contributed by atoms with van der Waals surface area (Å²) in [5, 5.41) is 10.4. The quantitative estimate of drug-likeness (QED) is 0.882. The van der Waals surface area contributed by atoms with E-state index in [0.717, 1.165) is 17.1 Å². The van der Waals surface area contributed by atoms with E-state index in [-0.39, 0.29) is 30.3 Å². The zero-order valence-corrected chi connectivity index (χ0v) is 14.9. The minimum atomic E-state index is -0.0721. The van der Waals surface area contributed by atoms with E-state index >= 15 is 0 Å². The highest BCUT2D eigenvalue weighted by atomic mass is 35.5. The van der Waals surface area contributed by atoms with Gasteiger partial charge in [0.1, 0.15) is 5.82 Å². The van der Waals surface area contributed by atoms with Gasteiger partial charge in [0.2, 0.25) is 5.91 Å². The second kappa shape index (κ2) is 8.13. The summed E-state index contributed by atoms with van der Waals surface area (Å²) in [5.74, 6) is 0.659. The number of halogens is 1. The standard InChI is InChI=1S/C17H24N4O.ClH/c1-17(2,3)14-10-15(19-16(22)11-18-4)21(20-14)12-13-8-6-5-7-9-13;/h5-10,18H,11-12H2,1-4H3,(H,19,22);1H. The fourth-order valence-corrected chi connectivity index (χ4v) is 2.11. The average molecular weight is 337 g/mol. The highest BCUT2D eigenvalue weighted by Crippen LogP contribution is 2.24. The van der Waals surface area contributed by atoms with Gasteiger partial charge >= 0.3 is 0 Å². The molecule has 1 amide bonds. The van der Waals surface area contributed by atoms with E-state index in [1.54, 1.807) is 7.05 Å². The lowest BCUT2D eigenvalue weighted by molar-refractivity contribution is -0.115. The maximum Gasteiger partial charge on any atom is 0.239 e. The van der Waals surface area contributed by atoms with E-state index in [1.807, 2.05) is 28.9 Å². The number of likely N-dealkylation sites (N-methyl/N-ethyl adjacent to an activating group) is 1. The van der Waals surface area contributed by atoms with E-state index in [1.165, 1.54) is 0 Å². The largest absolute Gasteiger partial charge is 0.311 e. The fraction of sp³-hybridized carbons (Fsp3) is 0.412. The molecule has 0 spiro atoms. The van der Waals surface area contributed by atoms with Crippen molar-refractivity contribution < 1.29 is 4.79 Å². The zero-order chi connectivity index (χ0) is 16.2. The zero-order valence-electron chi connectivity index (χ0n) is 14.1. The molecule has 0 fully saturated rings. The molecule has 2 rings (SSSR count). The molecule has 0 atom stereocenters. The molecule has 0 radical (unpaired) electrons. The first kappa shape index (κ1) is 19.2. The molecule has 126 valence electrons. The van der Waals surface area contributed by atoms with Gasteiger partial charge in [-0.3, -0.25) is 4.79 Å². The number of benzene rings is 1. The van der Waals surface area contributed by atoms with Crippen molar-refractivity contribution in [1.29, 1.82) is 0 Å².